The van der Waals surface area contributed by atoms with E-state index in [-0.39, 0.29) is 12.2 Å². The average molecular weight is 196 g/mol. The Morgan fingerprint density at radius 1 is 1.71 bits per heavy atom. The van der Waals surface area contributed by atoms with E-state index in [1.165, 1.54) is 18.2 Å². The molecule has 14 heavy (non-hydrogen) atoms. The summed E-state index contributed by atoms with van der Waals surface area (Å²) in [5.74, 6) is -2.31. The molecule has 0 aromatic heterocycles. The number of aliphatic hydroxyl groups excluding tert-OH is 1. The molecule has 0 bridgehead atoms. The SMILES string of the molecule is C=CCC1(O)C=C(O)C=CC1C(=O)O. The smallest absolute Gasteiger partial charge is 0.313 e. The third-order valence-electron chi connectivity index (χ3n) is 2.13. The van der Waals surface area contributed by atoms with E-state index < -0.39 is 17.5 Å². The summed E-state index contributed by atoms with van der Waals surface area (Å²) in [6.45, 7) is 3.43. The zero-order chi connectivity index (χ0) is 10.8. The molecule has 3 N–H and O–H groups in total. The van der Waals surface area contributed by atoms with Gasteiger partial charge in [-0.2, -0.15) is 0 Å². The van der Waals surface area contributed by atoms with Gasteiger partial charge in [0.15, 0.2) is 0 Å². The van der Waals surface area contributed by atoms with Gasteiger partial charge in [0.1, 0.15) is 17.3 Å². The second-order valence-corrected chi connectivity index (χ2v) is 3.23. The summed E-state index contributed by atoms with van der Waals surface area (Å²) in [5.41, 5.74) is -1.58. The molecular formula is C10H12O4. The fourth-order valence-electron chi connectivity index (χ4n) is 1.47. The zero-order valence-electron chi connectivity index (χ0n) is 7.55. The molecule has 4 heteroatoms. The van der Waals surface area contributed by atoms with Crippen LogP contribution >= 0.6 is 0 Å². The van der Waals surface area contributed by atoms with Gasteiger partial charge in [0.2, 0.25) is 0 Å². The van der Waals surface area contributed by atoms with Gasteiger partial charge >= 0.3 is 5.97 Å². The normalized spacial score (nSPS) is 30.9. The minimum Gasteiger partial charge on any atom is -0.508 e. The van der Waals surface area contributed by atoms with E-state index >= 15 is 0 Å². The molecule has 0 heterocycles. The highest BCUT2D eigenvalue weighted by atomic mass is 16.4. The number of hydrogen-bond acceptors (Lipinski definition) is 3. The molecule has 0 amide bonds. The number of allylic oxidation sites excluding steroid dienone is 1. The first kappa shape index (κ1) is 10.5. The largest absolute Gasteiger partial charge is 0.508 e. The Morgan fingerprint density at radius 3 is 2.86 bits per heavy atom. The number of carbonyl (C=O) groups is 1. The Labute approximate surface area is 81.5 Å². The van der Waals surface area contributed by atoms with Crippen molar-refractivity contribution in [2.45, 2.75) is 12.0 Å². The van der Waals surface area contributed by atoms with Crippen molar-refractivity contribution < 1.29 is 20.1 Å². The summed E-state index contributed by atoms with van der Waals surface area (Å²) in [6.07, 6.45) is 5.15. The Morgan fingerprint density at radius 2 is 2.36 bits per heavy atom. The van der Waals surface area contributed by atoms with E-state index in [9.17, 15) is 9.90 Å². The van der Waals surface area contributed by atoms with Crippen LogP contribution in [-0.2, 0) is 4.79 Å². The van der Waals surface area contributed by atoms with Gasteiger partial charge in [0.25, 0.3) is 0 Å². The quantitative estimate of drug-likeness (QED) is 0.588. The van der Waals surface area contributed by atoms with Crippen molar-refractivity contribution >= 4 is 5.97 Å². The average Bonchev–Trinajstić information content (AvgIpc) is 2.02. The molecule has 0 aromatic rings. The lowest BCUT2D eigenvalue weighted by Gasteiger charge is -2.30. The number of rotatable bonds is 3. The molecule has 1 aliphatic rings. The van der Waals surface area contributed by atoms with Crippen LogP contribution in [0.3, 0.4) is 0 Å². The van der Waals surface area contributed by atoms with E-state index in [4.69, 9.17) is 10.2 Å². The van der Waals surface area contributed by atoms with Crippen LogP contribution in [0.1, 0.15) is 6.42 Å². The van der Waals surface area contributed by atoms with Gasteiger partial charge in [-0.25, -0.2) is 0 Å². The zero-order valence-corrected chi connectivity index (χ0v) is 7.55. The third-order valence-corrected chi connectivity index (χ3v) is 2.13. The fraction of sp³-hybridized carbons (Fsp3) is 0.300. The van der Waals surface area contributed by atoms with Crippen molar-refractivity contribution in [1.82, 2.24) is 0 Å². The number of aliphatic carboxylic acids is 1. The van der Waals surface area contributed by atoms with Crippen molar-refractivity contribution in [2.24, 2.45) is 5.92 Å². The number of aliphatic hydroxyl groups is 2. The van der Waals surface area contributed by atoms with Gasteiger partial charge in [-0.3, -0.25) is 4.79 Å². The lowest BCUT2D eigenvalue weighted by Crippen LogP contribution is -2.41. The molecule has 2 unspecified atom stereocenters. The monoisotopic (exact) mass is 196 g/mol. The molecular weight excluding hydrogens is 184 g/mol. The maximum absolute atomic E-state index is 10.8. The van der Waals surface area contributed by atoms with E-state index in [0.29, 0.717) is 0 Å². The summed E-state index contributed by atoms with van der Waals surface area (Å²) in [6, 6.07) is 0. The first-order valence-corrected chi connectivity index (χ1v) is 4.16. The minimum absolute atomic E-state index is 0.0817. The molecule has 2 atom stereocenters. The molecule has 0 spiro atoms. The Hall–Kier alpha value is -1.55. The third kappa shape index (κ3) is 1.85. The number of carboxylic acid groups (broad SMARTS) is 1. The van der Waals surface area contributed by atoms with Crippen molar-refractivity contribution in [3.05, 3.63) is 36.6 Å². The summed E-state index contributed by atoms with van der Waals surface area (Å²) in [4.78, 5) is 10.8. The molecule has 0 saturated carbocycles. The van der Waals surface area contributed by atoms with Crippen LogP contribution in [0.5, 0.6) is 0 Å². The Kier molecular flexibility index (Phi) is 2.76. The molecule has 0 aliphatic heterocycles. The van der Waals surface area contributed by atoms with E-state index in [1.54, 1.807) is 0 Å². The van der Waals surface area contributed by atoms with Gasteiger partial charge in [-0.15, -0.1) is 6.58 Å². The van der Waals surface area contributed by atoms with E-state index in [0.717, 1.165) is 6.08 Å². The van der Waals surface area contributed by atoms with Crippen LogP contribution in [-0.4, -0.2) is 26.9 Å². The first-order chi connectivity index (χ1) is 6.49. The van der Waals surface area contributed by atoms with Gasteiger partial charge in [-0.05, 0) is 18.6 Å². The number of carboxylic acids is 1. The van der Waals surface area contributed by atoms with Gasteiger partial charge in [-0.1, -0.05) is 12.2 Å². The molecule has 1 aliphatic carbocycles. The van der Waals surface area contributed by atoms with Crippen molar-refractivity contribution in [1.29, 1.82) is 0 Å². The molecule has 0 aromatic carbocycles. The van der Waals surface area contributed by atoms with Crippen LogP contribution in [0.25, 0.3) is 0 Å². The maximum Gasteiger partial charge on any atom is 0.313 e. The fourth-order valence-corrected chi connectivity index (χ4v) is 1.47. The van der Waals surface area contributed by atoms with Crippen molar-refractivity contribution in [2.75, 3.05) is 0 Å². The molecule has 0 radical (unpaired) electrons. The lowest BCUT2D eigenvalue weighted by atomic mass is 9.81. The predicted octanol–water partition coefficient (Wildman–Crippen LogP) is 1.01. The minimum atomic E-state index is -1.58. The Bertz CT molecular complexity index is 316. The summed E-state index contributed by atoms with van der Waals surface area (Å²) in [7, 11) is 0. The topological polar surface area (TPSA) is 77.8 Å². The second kappa shape index (κ2) is 3.67. The van der Waals surface area contributed by atoms with Crippen LogP contribution in [0.4, 0.5) is 0 Å². The maximum atomic E-state index is 10.8. The van der Waals surface area contributed by atoms with Crippen molar-refractivity contribution in [3.8, 4) is 0 Å². The van der Waals surface area contributed by atoms with Crippen LogP contribution in [0, 0.1) is 5.92 Å². The van der Waals surface area contributed by atoms with Crippen LogP contribution in [0.2, 0.25) is 0 Å². The highest BCUT2D eigenvalue weighted by Gasteiger charge is 2.39. The molecule has 1 rings (SSSR count). The molecule has 76 valence electrons. The molecule has 0 fully saturated rings. The lowest BCUT2D eigenvalue weighted by molar-refractivity contribution is -0.146. The first-order valence-electron chi connectivity index (χ1n) is 4.16. The van der Waals surface area contributed by atoms with Gasteiger partial charge in [0, 0.05) is 0 Å². The second-order valence-electron chi connectivity index (χ2n) is 3.23. The van der Waals surface area contributed by atoms with Crippen LogP contribution < -0.4 is 0 Å². The molecule has 4 nitrogen and oxygen atoms in total. The summed E-state index contributed by atoms with van der Waals surface area (Å²) >= 11 is 0. The van der Waals surface area contributed by atoms with Gasteiger partial charge in [0.05, 0.1) is 0 Å². The van der Waals surface area contributed by atoms with Crippen molar-refractivity contribution in [3.63, 3.8) is 0 Å². The Balaban J connectivity index is 3.03. The number of hydrogen-bond donors (Lipinski definition) is 3. The highest BCUT2D eigenvalue weighted by Crippen LogP contribution is 2.30. The van der Waals surface area contributed by atoms with Gasteiger partial charge < -0.3 is 15.3 Å². The predicted molar refractivity (Wildman–Crippen MR) is 50.7 cm³/mol. The van der Waals surface area contributed by atoms with E-state index in [1.807, 2.05) is 0 Å². The highest BCUT2D eigenvalue weighted by molar-refractivity contribution is 5.75. The van der Waals surface area contributed by atoms with Crippen LogP contribution in [0.15, 0.2) is 36.6 Å². The molecule has 0 saturated heterocycles. The summed E-state index contributed by atoms with van der Waals surface area (Å²) in [5, 5.41) is 27.9. The van der Waals surface area contributed by atoms with E-state index in [2.05, 4.69) is 6.58 Å². The standard InChI is InChI=1S/C10H12O4/c1-2-5-10(14)6-7(11)3-4-8(10)9(12)13/h2-4,6,8,11,14H,1,5H2,(H,12,13). The summed E-state index contributed by atoms with van der Waals surface area (Å²) < 4.78 is 0.